The monoisotopic (exact) mass is 186 g/mol. The summed E-state index contributed by atoms with van der Waals surface area (Å²) in [4.78, 5) is 11.0. The van der Waals surface area contributed by atoms with Gasteiger partial charge in [-0.15, -0.1) is 0 Å². The van der Waals surface area contributed by atoms with Gasteiger partial charge in [0.15, 0.2) is 0 Å². The van der Waals surface area contributed by atoms with Gasteiger partial charge in [0, 0.05) is 0 Å². The van der Waals surface area contributed by atoms with E-state index in [4.69, 9.17) is 5.11 Å². The highest BCUT2D eigenvalue weighted by atomic mass is 19.1. The van der Waals surface area contributed by atoms with Gasteiger partial charge in [0.2, 0.25) is 0 Å². The molecular formula is C10H15FO2. The summed E-state index contributed by atoms with van der Waals surface area (Å²) in [5.41, 5.74) is -0.631. The molecule has 0 aromatic rings. The second-order valence-corrected chi connectivity index (χ2v) is 4.72. The zero-order valence-electron chi connectivity index (χ0n) is 7.68. The highest BCUT2D eigenvalue weighted by molar-refractivity contribution is 5.75. The van der Waals surface area contributed by atoms with Crippen LogP contribution in [0, 0.1) is 10.8 Å². The fourth-order valence-corrected chi connectivity index (χ4v) is 2.78. The minimum atomic E-state index is -0.667. The fraction of sp³-hybridized carbons (Fsp3) is 0.900. The topological polar surface area (TPSA) is 37.3 Å². The largest absolute Gasteiger partial charge is 0.481 e. The van der Waals surface area contributed by atoms with Gasteiger partial charge >= 0.3 is 5.97 Å². The number of aliphatic carboxylic acids is 1. The summed E-state index contributed by atoms with van der Waals surface area (Å²) < 4.78 is 12.7. The average Bonchev–Trinajstić information content (AvgIpc) is 2.20. The summed E-state index contributed by atoms with van der Waals surface area (Å²) in [6.07, 6.45) is 4.38. The van der Waals surface area contributed by atoms with E-state index in [1.165, 1.54) is 0 Å². The molecule has 0 spiro atoms. The molecule has 2 bridgehead atoms. The molecule has 2 nitrogen and oxygen atoms in total. The Hall–Kier alpha value is -0.600. The maximum atomic E-state index is 12.7. The molecule has 0 amide bonds. The lowest BCUT2D eigenvalue weighted by Gasteiger charge is -2.50. The normalized spacial score (nSPS) is 43.5. The molecule has 0 unspecified atom stereocenters. The molecule has 3 rings (SSSR count). The van der Waals surface area contributed by atoms with Crippen LogP contribution >= 0.6 is 0 Å². The van der Waals surface area contributed by atoms with E-state index in [0.717, 1.165) is 19.3 Å². The summed E-state index contributed by atoms with van der Waals surface area (Å²) in [5.74, 6) is -0.667. The third-order valence-corrected chi connectivity index (χ3v) is 4.14. The third-order valence-electron chi connectivity index (χ3n) is 4.14. The van der Waals surface area contributed by atoms with Gasteiger partial charge in [-0.05, 0) is 43.9 Å². The summed E-state index contributed by atoms with van der Waals surface area (Å²) in [6, 6.07) is 0. The Morgan fingerprint density at radius 1 is 1.15 bits per heavy atom. The van der Waals surface area contributed by atoms with Crippen molar-refractivity contribution >= 4 is 5.97 Å². The molecule has 0 aromatic carbocycles. The van der Waals surface area contributed by atoms with Gasteiger partial charge in [-0.1, -0.05) is 0 Å². The molecule has 74 valence electrons. The van der Waals surface area contributed by atoms with Crippen molar-refractivity contribution in [3.63, 3.8) is 0 Å². The third kappa shape index (κ3) is 1.17. The van der Waals surface area contributed by atoms with Crippen LogP contribution in [0.3, 0.4) is 0 Å². The van der Waals surface area contributed by atoms with Crippen LogP contribution in [0.1, 0.15) is 38.5 Å². The number of fused-ring (bicyclic) bond motifs is 3. The Kier molecular flexibility index (Phi) is 1.86. The van der Waals surface area contributed by atoms with Crippen molar-refractivity contribution in [2.75, 3.05) is 6.67 Å². The maximum absolute atomic E-state index is 12.7. The van der Waals surface area contributed by atoms with Gasteiger partial charge in [0.1, 0.15) is 0 Å². The van der Waals surface area contributed by atoms with Crippen LogP contribution in [0.4, 0.5) is 4.39 Å². The number of hydrogen-bond donors (Lipinski definition) is 1. The minimum absolute atomic E-state index is 0.142. The van der Waals surface area contributed by atoms with Gasteiger partial charge in [-0.25, -0.2) is 0 Å². The van der Waals surface area contributed by atoms with E-state index in [-0.39, 0.29) is 12.1 Å². The fourth-order valence-electron chi connectivity index (χ4n) is 2.78. The smallest absolute Gasteiger partial charge is 0.309 e. The van der Waals surface area contributed by atoms with Crippen molar-refractivity contribution in [1.29, 1.82) is 0 Å². The Morgan fingerprint density at radius 3 is 1.92 bits per heavy atom. The summed E-state index contributed by atoms with van der Waals surface area (Å²) >= 11 is 0. The van der Waals surface area contributed by atoms with Crippen molar-refractivity contribution in [3.05, 3.63) is 0 Å². The van der Waals surface area contributed by atoms with Crippen molar-refractivity contribution in [2.24, 2.45) is 10.8 Å². The SMILES string of the molecule is O=C(O)C12CCC(CF)(CC1)CC2. The molecule has 3 heteroatoms. The number of carboxylic acids is 1. The van der Waals surface area contributed by atoms with E-state index in [9.17, 15) is 9.18 Å². The van der Waals surface area contributed by atoms with E-state index in [0.29, 0.717) is 19.3 Å². The zero-order valence-corrected chi connectivity index (χ0v) is 7.68. The molecule has 13 heavy (non-hydrogen) atoms. The predicted molar refractivity (Wildman–Crippen MR) is 46.2 cm³/mol. The van der Waals surface area contributed by atoms with Gasteiger partial charge in [0.05, 0.1) is 12.1 Å². The lowest BCUT2D eigenvalue weighted by molar-refractivity contribution is -0.159. The molecule has 3 saturated carbocycles. The molecule has 0 aliphatic heterocycles. The van der Waals surface area contributed by atoms with E-state index >= 15 is 0 Å². The van der Waals surface area contributed by atoms with Gasteiger partial charge < -0.3 is 5.11 Å². The Bertz CT molecular complexity index is 213. The average molecular weight is 186 g/mol. The first-order valence-electron chi connectivity index (χ1n) is 4.92. The van der Waals surface area contributed by atoms with E-state index < -0.39 is 11.4 Å². The van der Waals surface area contributed by atoms with Crippen LogP contribution in [0.25, 0.3) is 0 Å². The molecular weight excluding hydrogens is 171 g/mol. The van der Waals surface area contributed by atoms with Crippen LogP contribution in [-0.4, -0.2) is 17.8 Å². The van der Waals surface area contributed by atoms with E-state index in [2.05, 4.69) is 0 Å². The van der Waals surface area contributed by atoms with Gasteiger partial charge in [0.25, 0.3) is 0 Å². The number of halogens is 1. The molecule has 0 heterocycles. The molecule has 0 radical (unpaired) electrons. The van der Waals surface area contributed by atoms with Gasteiger partial charge in [-0.2, -0.15) is 0 Å². The molecule has 3 aliphatic carbocycles. The molecule has 3 fully saturated rings. The Balaban J connectivity index is 2.16. The lowest BCUT2D eigenvalue weighted by Crippen LogP contribution is -2.46. The number of alkyl halides is 1. The summed E-state index contributed by atoms with van der Waals surface area (Å²) in [5, 5.41) is 9.08. The van der Waals surface area contributed by atoms with E-state index in [1.807, 2.05) is 0 Å². The number of carboxylic acid groups (broad SMARTS) is 1. The second-order valence-electron chi connectivity index (χ2n) is 4.72. The predicted octanol–water partition coefficient (Wildman–Crippen LogP) is 2.38. The van der Waals surface area contributed by atoms with Crippen LogP contribution in [0.15, 0.2) is 0 Å². The lowest BCUT2D eigenvalue weighted by atomic mass is 9.54. The van der Waals surface area contributed by atoms with Crippen molar-refractivity contribution in [3.8, 4) is 0 Å². The molecule has 0 aromatic heterocycles. The number of rotatable bonds is 2. The summed E-state index contributed by atoms with van der Waals surface area (Å²) in [7, 11) is 0. The first-order valence-corrected chi connectivity index (χ1v) is 4.92. The van der Waals surface area contributed by atoms with Crippen LogP contribution in [0.5, 0.6) is 0 Å². The van der Waals surface area contributed by atoms with Crippen LogP contribution in [0.2, 0.25) is 0 Å². The second kappa shape index (κ2) is 2.69. The minimum Gasteiger partial charge on any atom is -0.481 e. The maximum Gasteiger partial charge on any atom is 0.309 e. The van der Waals surface area contributed by atoms with Crippen molar-refractivity contribution in [1.82, 2.24) is 0 Å². The van der Waals surface area contributed by atoms with Crippen molar-refractivity contribution in [2.45, 2.75) is 38.5 Å². The quantitative estimate of drug-likeness (QED) is 0.718. The molecule has 1 N–H and O–H groups in total. The highest BCUT2D eigenvalue weighted by Crippen LogP contribution is 2.56. The standard InChI is InChI=1S/C10H15FO2/c11-7-9-1-4-10(5-2-9,6-3-9)8(12)13/h1-7H2,(H,12,13). The summed E-state index contributed by atoms with van der Waals surface area (Å²) in [6.45, 7) is -0.261. The number of hydrogen-bond acceptors (Lipinski definition) is 1. The zero-order chi connectivity index (χ0) is 9.53. The molecule has 0 atom stereocenters. The highest BCUT2D eigenvalue weighted by Gasteiger charge is 2.52. The Morgan fingerprint density at radius 2 is 1.62 bits per heavy atom. The van der Waals surface area contributed by atoms with Gasteiger partial charge in [-0.3, -0.25) is 9.18 Å². The van der Waals surface area contributed by atoms with E-state index in [1.54, 1.807) is 0 Å². The molecule has 0 saturated heterocycles. The Labute approximate surface area is 77.1 Å². The first kappa shape index (κ1) is 8.97. The van der Waals surface area contributed by atoms with Crippen LogP contribution < -0.4 is 0 Å². The van der Waals surface area contributed by atoms with Crippen molar-refractivity contribution < 1.29 is 14.3 Å². The van der Waals surface area contributed by atoms with Crippen LogP contribution in [-0.2, 0) is 4.79 Å². The first-order chi connectivity index (χ1) is 6.13. The molecule has 3 aliphatic rings. The number of carbonyl (C=O) groups is 1.